The van der Waals surface area contributed by atoms with Crippen LogP contribution in [0.25, 0.3) is 0 Å². The first-order valence-corrected chi connectivity index (χ1v) is 6.80. The Labute approximate surface area is 116 Å². The standard InChI is InChI=1S/C12H16ClNO3S/c1-7(2)11-9(18-6-10(15)16-3)5-8(13)12(14-11)17-4/h5,7H,6H2,1-4H3. The minimum absolute atomic E-state index is 0.219. The van der Waals surface area contributed by atoms with Crippen LogP contribution in [0.1, 0.15) is 25.5 Å². The second kappa shape index (κ2) is 6.85. The molecule has 0 amide bonds. The average Bonchev–Trinajstić information content (AvgIpc) is 2.35. The Bertz CT molecular complexity index is 438. The zero-order valence-electron chi connectivity index (χ0n) is 10.8. The number of methoxy groups -OCH3 is 2. The van der Waals surface area contributed by atoms with Crippen LogP contribution in [0.3, 0.4) is 0 Å². The lowest BCUT2D eigenvalue weighted by molar-refractivity contribution is -0.137. The Kier molecular flexibility index (Phi) is 5.75. The lowest BCUT2D eigenvalue weighted by Crippen LogP contribution is -2.05. The molecule has 0 saturated heterocycles. The molecule has 0 bridgehead atoms. The van der Waals surface area contributed by atoms with Crippen molar-refractivity contribution in [3.63, 3.8) is 0 Å². The molecule has 0 saturated carbocycles. The van der Waals surface area contributed by atoms with E-state index in [9.17, 15) is 4.79 Å². The smallest absolute Gasteiger partial charge is 0.315 e. The second-order valence-electron chi connectivity index (χ2n) is 3.88. The molecule has 6 heteroatoms. The van der Waals surface area contributed by atoms with E-state index < -0.39 is 0 Å². The number of carbonyl (C=O) groups is 1. The SMILES string of the molecule is COC(=O)CSc1cc(Cl)c(OC)nc1C(C)C. The topological polar surface area (TPSA) is 48.4 Å². The maximum atomic E-state index is 11.2. The number of carbonyl (C=O) groups excluding carboxylic acids is 1. The molecule has 0 spiro atoms. The molecule has 0 aliphatic carbocycles. The summed E-state index contributed by atoms with van der Waals surface area (Å²) >= 11 is 7.40. The van der Waals surface area contributed by atoms with Gasteiger partial charge >= 0.3 is 5.97 Å². The maximum absolute atomic E-state index is 11.2. The third-order valence-corrected chi connectivity index (χ3v) is 3.54. The summed E-state index contributed by atoms with van der Waals surface area (Å²) in [4.78, 5) is 16.4. The van der Waals surface area contributed by atoms with Gasteiger partial charge in [0, 0.05) is 4.90 Å². The van der Waals surface area contributed by atoms with Crippen LogP contribution in [0.5, 0.6) is 5.88 Å². The molecule has 0 aliphatic rings. The van der Waals surface area contributed by atoms with Crippen LogP contribution in [-0.4, -0.2) is 30.9 Å². The highest BCUT2D eigenvalue weighted by Crippen LogP contribution is 2.34. The normalized spacial score (nSPS) is 10.6. The predicted molar refractivity (Wildman–Crippen MR) is 72.6 cm³/mol. The lowest BCUT2D eigenvalue weighted by Gasteiger charge is -2.13. The molecule has 0 aromatic carbocycles. The molecular formula is C12H16ClNO3S. The number of hydrogen-bond acceptors (Lipinski definition) is 5. The average molecular weight is 290 g/mol. The van der Waals surface area contributed by atoms with Crippen LogP contribution < -0.4 is 4.74 Å². The van der Waals surface area contributed by atoms with Gasteiger partial charge in [0.05, 0.1) is 25.7 Å². The van der Waals surface area contributed by atoms with Crippen molar-refractivity contribution in [2.45, 2.75) is 24.7 Å². The minimum Gasteiger partial charge on any atom is -0.480 e. The molecule has 0 fully saturated rings. The van der Waals surface area contributed by atoms with Crippen LogP contribution in [0.2, 0.25) is 5.02 Å². The molecule has 0 aliphatic heterocycles. The third-order valence-electron chi connectivity index (χ3n) is 2.25. The van der Waals surface area contributed by atoms with Crippen molar-refractivity contribution in [2.75, 3.05) is 20.0 Å². The highest BCUT2D eigenvalue weighted by atomic mass is 35.5. The molecule has 0 unspecified atom stereocenters. The molecule has 1 aromatic rings. The first kappa shape index (κ1) is 15.1. The number of rotatable bonds is 5. The Morgan fingerprint density at radius 1 is 1.50 bits per heavy atom. The van der Waals surface area contributed by atoms with Crippen molar-refractivity contribution in [3.8, 4) is 5.88 Å². The number of aromatic nitrogens is 1. The quantitative estimate of drug-likeness (QED) is 0.616. The Morgan fingerprint density at radius 3 is 2.67 bits per heavy atom. The van der Waals surface area contributed by atoms with E-state index in [1.807, 2.05) is 13.8 Å². The fourth-order valence-corrected chi connectivity index (χ4v) is 2.65. The molecule has 0 radical (unpaired) electrons. The van der Waals surface area contributed by atoms with Crippen LogP contribution >= 0.6 is 23.4 Å². The van der Waals surface area contributed by atoms with Crippen molar-refractivity contribution < 1.29 is 14.3 Å². The molecule has 18 heavy (non-hydrogen) atoms. The van der Waals surface area contributed by atoms with Crippen molar-refractivity contribution in [1.29, 1.82) is 0 Å². The minimum atomic E-state index is -0.276. The molecule has 4 nitrogen and oxygen atoms in total. The van der Waals surface area contributed by atoms with E-state index in [2.05, 4.69) is 9.72 Å². The van der Waals surface area contributed by atoms with Crippen molar-refractivity contribution in [1.82, 2.24) is 4.98 Å². The summed E-state index contributed by atoms with van der Waals surface area (Å²) in [6.45, 7) is 4.05. The Morgan fingerprint density at radius 2 is 2.17 bits per heavy atom. The first-order valence-electron chi connectivity index (χ1n) is 5.43. The van der Waals surface area contributed by atoms with Gasteiger partial charge in [0.2, 0.25) is 5.88 Å². The number of esters is 1. The highest BCUT2D eigenvalue weighted by Gasteiger charge is 2.15. The zero-order chi connectivity index (χ0) is 13.7. The molecule has 0 N–H and O–H groups in total. The second-order valence-corrected chi connectivity index (χ2v) is 5.31. The van der Waals surface area contributed by atoms with E-state index in [4.69, 9.17) is 16.3 Å². The molecule has 0 atom stereocenters. The van der Waals surface area contributed by atoms with Crippen molar-refractivity contribution in [2.24, 2.45) is 0 Å². The van der Waals surface area contributed by atoms with Crippen LogP contribution in [0.15, 0.2) is 11.0 Å². The van der Waals surface area contributed by atoms with Gasteiger partial charge in [0.25, 0.3) is 0 Å². The first-order chi connectivity index (χ1) is 8.49. The number of ether oxygens (including phenoxy) is 2. The number of pyridine rings is 1. The van der Waals surface area contributed by atoms with E-state index in [1.165, 1.54) is 26.0 Å². The number of thioether (sulfide) groups is 1. The number of halogens is 1. The van der Waals surface area contributed by atoms with E-state index >= 15 is 0 Å². The van der Waals surface area contributed by atoms with E-state index in [0.717, 1.165) is 10.6 Å². The zero-order valence-corrected chi connectivity index (χ0v) is 12.4. The number of nitrogens with zero attached hydrogens (tertiary/aromatic N) is 1. The molecular weight excluding hydrogens is 274 g/mol. The summed E-state index contributed by atoms with van der Waals surface area (Å²) in [6, 6.07) is 1.77. The van der Waals surface area contributed by atoms with Crippen molar-refractivity contribution >= 4 is 29.3 Å². The van der Waals surface area contributed by atoms with Crippen molar-refractivity contribution in [3.05, 3.63) is 16.8 Å². The molecule has 1 aromatic heterocycles. The van der Waals surface area contributed by atoms with Gasteiger partial charge in [0.15, 0.2) is 0 Å². The summed E-state index contributed by atoms with van der Waals surface area (Å²) in [7, 11) is 2.89. The fraction of sp³-hybridized carbons (Fsp3) is 0.500. The predicted octanol–water partition coefficient (Wildman–Crippen LogP) is 3.13. The van der Waals surface area contributed by atoms with E-state index in [1.54, 1.807) is 6.07 Å². The van der Waals surface area contributed by atoms with Crippen LogP contribution in [0, 0.1) is 0 Å². The highest BCUT2D eigenvalue weighted by molar-refractivity contribution is 8.00. The molecule has 1 rings (SSSR count). The summed E-state index contributed by atoms with van der Waals surface area (Å²) in [5.41, 5.74) is 0.866. The summed E-state index contributed by atoms with van der Waals surface area (Å²) in [6.07, 6.45) is 0. The molecule has 1 heterocycles. The monoisotopic (exact) mass is 289 g/mol. The van der Waals surface area contributed by atoms with Gasteiger partial charge in [-0.3, -0.25) is 4.79 Å². The van der Waals surface area contributed by atoms with E-state index in [-0.39, 0.29) is 17.6 Å². The van der Waals surface area contributed by atoms with Gasteiger partial charge in [-0.05, 0) is 12.0 Å². The Hall–Kier alpha value is -0.940. The van der Waals surface area contributed by atoms with Gasteiger partial charge in [-0.1, -0.05) is 25.4 Å². The van der Waals surface area contributed by atoms with Gasteiger partial charge in [-0.2, -0.15) is 0 Å². The third kappa shape index (κ3) is 3.78. The summed E-state index contributed by atoms with van der Waals surface area (Å²) < 4.78 is 9.70. The summed E-state index contributed by atoms with van der Waals surface area (Å²) in [5.74, 6) is 0.585. The van der Waals surface area contributed by atoms with Crippen LogP contribution in [-0.2, 0) is 9.53 Å². The largest absolute Gasteiger partial charge is 0.480 e. The van der Waals surface area contributed by atoms with Gasteiger partial charge in [-0.25, -0.2) is 4.98 Å². The number of hydrogen-bond donors (Lipinski definition) is 0. The summed E-state index contributed by atoms with van der Waals surface area (Å²) in [5, 5.41) is 0.439. The lowest BCUT2D eigenvalue weighted by atomic mass is 10.1. The molecule has 100 valence electrons. The fourth-order valence-electron chi connectivity index (χ4n) is 1.34. The van der Waals surface area contributed by atoms with Gasteiger partial charge in [0.1, 0.15) is 5.02 Å². The maximum Gasteiger partial charge on any atom is 0.315 e. The van der Waals surface area contributed by atoms with Crippen LogP contribution in [0.4, 0.5) is 0 Å². The Balaban J connectivity index is 3.01. The van der Waals surface area contributed by atoms with Gasteiger partial charge in [-0.15, -0.1) is 11.8 Å². The van der Waals surface area contributed by atoms with Gasteiger partial charge < -0.3 is 9.47 Å². The van der Waals surface area contributed by atoms with E-state index in [0.29, 0.717) is 10.9 Å².